The molecule has 0 fully saturated rings. The first kappa shape index (κ1) is 9.02. The van der Waals surface area contributed by atoms with Gasteiger partial charge in [-0.1, -0.05) is 0 Å². The molecule has 0 saturated heterocycles. The predicted octanol–water partition coefficient (Wildman–Crippen LogP) is 1.45. The van der Waals surface area contributed by atoms with Crippen molar-refractivity contribution in [2.45, 2.75) is 13.5 Å². The van der Waals surface area contributed by atoms with Crippen LogP contribution in [0.15, 0.2) is 22.6 Å². The van der Waals surface area contributed by atoms with Crippen LogP contribution in [-0.4, -0.2) is 9.78 Å². The Kier molecular flexibility index (Phi) is 2.13. The van der Waals surface area contributed by atoms with Gasteiger partial charge < -0.3 is 10.2 Å². The molecule has 0 aromatic carbocycles. The Morgan fingerprint density at radius 2 is 2.29 bits per heavy atom. The molecule has 0 radical (unpaired) electrons. The lowest BCUT2D eigenvalue weighted by Gasteiger charge is -1.95. The van der Waals surface area contributed by atoms with Crippen LogP contribution >= 0.6 is 0 Å². The van der Waals surface area contributed by atoms with Crippen LogP contribution in [0.5, 0.6) is 0 Å². The molecular weight excluding hydrogens is 178 g/mol. The van der Waals surface area contributed by atoms with Crippen LogP contribution in [0.25, 0.3) is 11.5 Å². The number of aryl methyl sites for hydroxylation is 2. The number of nitrogens with zero attached hydrogens (tertiary/aromatic N) is 2. The highest BCUT2D eigenvalue weighted by molar-refractivity contribution is 5.53. The molecule has 2 rings (SSSR count). The third kappa shape index (κ3) is 1.44. The van der Waals surface area contributed by atoms with E-state index >= 15 is 0 Å². The van der Waals surface area contributed by atoms with Gasteiger partial charge in [0.25, 0.3) is 0 Å². The number of aromatic nitrogens is 2. The zero-order valence-electron chi connectivity index (χ0n) is 8.32. The summed E-state index contributed by atoms with van der Waals surface area (Å²) in [5.41, 5.74) is 7.34. The van der Waals surface area contributed by atoms with Crippen LogP contribution in [0.3, 0.4) is 0 Å². The van der Waals surface area contributed by atoms with Crippen LogP contribution in [0.2, 0.25) is 0 Å². The van der Waals surface area contributed by atoms with Crippen LogP contribution in [0, 0.1) is 6.92 Å². The monoisotopic (exact) mass is 191 g/mol. The standard InChI is InChI=1S/C10H13N3O/c1-7-3-4-10(14-7)9-5-8(6-11)12-13(9)2/h3-5H,6,11H2,1-2H3. The molecule has 0 spiro atoms. The fourth-order valence-electron chi connectivity index (χ4n) is 1.43. The quantitative estimate of drug-likeness (QED) is 0.781. The molecule has 0 amide bonds. The third-order valence-electron chi connectivity index (χ3n) is 2.13. The average Bonchev–Trinajstić information content (AvgIpc) is 2.71. The Morgan fingerprint density at radius 3 is 2.79 bits per heavy atom. The van der Waals surface area contributed by atoms with Gasteiger partial charge in [-0.25, -0.2) is 0 Å². The third-order valence-corrected chi connectivity index (χ3v) is 2.13. The van der Waals surface area contributed by atoms with Gasteiger partial charge in [0.2, 0.25) is 0 Å². The molecule has 0 aliphatic heterocycles. The minimum atomic E-state index is 0.452. The van der Waals surface area contributed by atoms with Gasteiger partial charge >= 0.3 is 0 Å². The number of hydrogen-bond acceptors (Lipinski definition) is 3. The van der Waals surface area contributed by atoms with E-state index in [4.69, 9.17) is 10.2 Å². The lowest BCUT2D eigenvalue weighted by Crippen LogP contribution is -1.98. The van der Waals surface area contributed by atoms with Crippen molar-refractivity contribution in [1.29, 1.82) is 0 Å². The molecule has 0 saturated carbocycles. The van der Waals surface area contributed by atoms with Crippen LogP contribution in [0.4, 0.5) is 0 Å². The van der Waals surface area contributed by atoms with E-state index < -0.39 is 0 Å². The number of nitrogens with two attached hydrogens (primary N) is 1. The molecule has 2 heterocycles. The van der Waals surface area contributed by atoms with Gasteiger partial charge in [0, 0.05) is 13.6 Å². The van der Waals surface area contributed by atoms with Crippen molar-refractivity contribution in [3.05, 3.63) is 29.7 Å². The van der Waals surface area contributed by atoms with Gasteiger partial charge in [0.15, 0.2) is 5.76 Å². The van der Waals surface area contributed by atoms with Gasteiger partial charge in [-0.15, -0.1) is 0 Å². The van der Waals surface area contributed by atoms with Crippen molar-refractivity contribution < 1.29 is 4.42 Å². The Morgan fingerprint density at radius 1 is 1.50 bits per heavy atom. The highest BCUT2D eigenvalue weighted by Gasteiger charge is 2.09. The molecule has 0 aliphatic carbocycles. The molecule has 2 aromatic rings. The van der Waals surface area contributed by atoms with Gasteiger partial charge in [0.1, 0.15) is 11.5 Å². The Hall–Kier alpha value is -1.55. The lowest BCUT2D eigenvalue weighted by atomic mass is 10.3. The van der Waals surface area contributed by atoms with Crippen molar-refractivity contribution in [1.82, 2.24) is 9.78 Å². The van der Waals surface area contributed by atoms with Crippen molar-refractivity contribution in [3.8, 4) is 11.5 Å². The smallest absolute Gasteiger partial charge is 0.152 e. The molecule has 4 nitrogen and oxygen atoms in total. The minimum Gasteiger partial charge on any atom is -0.460 e. The maximum absolute atomic E-state index is 5.51. The first-order chi connectivity index (χ1) is 6.70. The first-order valence-corrected chi connectivity index (χ1v) is 4.50. The molecular formula is C10H13N3O. The largest absolute Gasteiger partial charge is 0.460 e. The second-order valence-electron chi connectivity index (χ2n) is 3.26. The highest BCUT2D eigenvalue weighted by Crippen LogP contribution is 2.21. The predicted molar refractivity (Wildman–Crippen MR) is 53.5 cm³/mol. The first-order valence-electron chi connectivity index (χ1n) is 4.50. The zero-order valence-corrected chi connectivity index (χ0v) is 8.32. The normalized spacial score (nSPS) is 10.8. The molecule has 0 aliphatic rings. The molecule has 2 N–H and O–H groups in total. The number of hydrogen-bond donors (Lipinski definition) is 1. The SMILES string of the molecule is Cc1ccc(-c2cc(CN)nn2C)o1. The summed E-state index contributed by atoms with van der Waals surface area (Å²) in [6, 6.07) is 5.81. The van der Waals surface area contributed by atoms with E-state index in [9.17, 15) is 0 Å². The maximum atomic E-state index is 5.51. The summed E-state index contributed by atoms with van der Waals surface area (Å²) in [5, 5.41) is 4.25. The summed E-state index contributed by atoms with van der Waals surface area (Å²) < 4.78 is 7.28. The maximum Gasteiger partial charge on any atom is 0.152 e. The van der Waals surface area contributed by atoms with E-state index in [1.807, 2.05) is 32.2 Å². The Balaban J connectivity index is 2.45. The molecule has 0 atom stereocenters. The van der Waals surface area contributed by atoms with Gasteiger partial charge in [-0.3, -0.25) is 4.68 Å². The van der Waals surface area contributed by atoms with Gasteiger partial charge in [-0.05, 0) is 25.1 Å². The molecule has 0 unspecified atom stereocenters. The van der Waals surface area contributed by atoms with E-state index in [1.165, 1.54) is 0 Å². The zero-order chi connectivity index (χ0) is 10.1. The molecule has 14 heavy (non-hydrogen) atoms. The topological polar surface area (TPSA) is 57.0 Å². The summed E-state index contributed by atoms with van der Waals surface area (Å²) in [5.74, 6) is 1.73. The van der Waals surface area contributed by atoms with Crippen molar-refractivity contribution in [3.63, 3.8) is 0 Å². The summed E-state index contributed by atoms with van der Waals surface area (Å²) in [4.78, 5) is 0. The summed E-state index contributed by atoms with van der Waals surface area (Å²) in [6.45, 7) is 2.37. The summed E-state index contributed by atoms with van der Waals surface area (Å²) in [6.07, 6.45) is 0. The Bertz CT molecular complexity index is 442. The summed E-state index contributed by atoms with van der Waals surface area (Å²) in [7, 11) is 1.88. The molecule has 74 valence electrons. The molecule has 2 aromatic heterocycles. The van der Waals surface area contributed by atoms with Crippen LogP contribution < -0.4 is 5.73 Å². The molecule has 4 heteroatoms. The van der Waals surface area contributed by atoms with Crippen molar-refractivity contribution in [2.75, 3.05) is 0 Å². The fourth-order valence-corrected chi connectivity index (χ4v) is 1.43. The second kappa shape index (κ2) is 3.31. The van der Waals surface area contributed by atoms with Crippen molar-refractivity contribution in [2.24, 2.45) is 12.8 Å². The average molecular weight is 191 g/mol. The van der Waals surface area contributed by atoms with E-state index in [0.29, 0.717) is 6.54 Å². The van der Waals surface area contributed by atoms with Crippen LogP contribution in [0.1, 0.15) is 11.5 Å². The second-order valence-corrected chi connectivity index (χ2v) is 3.26. The molecule has 0 bridgehead atoms. The van der Waals surface area contributed by atoms with Gasteiger partial charge in [0.05, 0.1) is 5.69 Å². The number of rotatable bonds is 2. The lowest BCUT2D eigenvalue weighted by molar-refractivity contribution is 0.541. The fraction of sp³-hybridized carbons (Fsp3) is 0.300. The summed E-state index contributed by atoms with van der Waals surface area (Å²) >= 11 is 0. The van der Waals surface area contributed by atoms with E-state index in [0.717, 1.165) is 22.9 Å². The van der Waals surface area contributed by atoms with E-state index in [2.05, 4.69) is 5.10 Å². The minimum absolute atomic E-state index is 0.452. The van der Waals surface area contributed by atoms with E-state index in [1.54, 1.807) is 4.68 Å². The Labute approximate surface area is 82.3 Å². The van der Waals surface area contributed by atoms with E-state index in [-0.39, 0.29) is 0 Å². The van der Waals surface area contributed by atoms with Gasteiger partial charge in [-0.2, -0.15) is 5.10 Å². The number of furan rings is 1. The van der Waals surface area contributed by atoms with Crippen molar-refractivity contribution >= 4 is 0 Å². The highest BCUT2D eigenvalue weighted by atomic mass is 16.3. The van der Waals surface area contributed by atoms with Crippen LogP contribution in [-0.2, 0) is 13.6 Å².